The van der Waals surface area contributed by atoms with Gasteiger partial charge >= 0.3 is 5.97 Å². The maximum Gasteiger partial charge on any atom is 0.306 e. The number of hydrogen-bond acceptors (Lipinski definition) is 3. The Morgan fingerprint density at radius 3 is 2.47 bits per heavy atom. The summed E-state index contributed by atoms with van der Waals surface area (Å²) < 4.78 is 0. The SMILES string of the molecule is CC(C)(C#N)CCCCNC1CCC(C(=O)O)CC1. The van der Waals surface area contributed by atoms with Crippen molar-refractivity contribution in [2.75, 3.05) is 6.54 Å². The van der Waals surface area contributed by atoms with Crippen molar-refractivity contribution in [3.8, 4) is 6.07 Å². The van der Waals surface area contributed by atoms with E-state index < -0.39 is 5.97 Å². The van der Waals surface area contributed by atoms with Crippen molar-refractivity contribution in [3.05, 3.63) is 0 Å². The van der Waals surface area contributed by atoms with Crippen molar-refractivity contribution in [1.82, 2.24) is 5.32 Å². The van der Waals surface area contributed by atoms with Crippen molar-refractivity contribution in [2.24, 2.45) is 11.3 Å². The highest BCUT2D eigenvalue weighted by Crippen LogP contribution is 2.25. The molecule has 1 aliphatic carbocycles. The summed E-state index contributed by atoms with van der Waals surface area (Å²) in [5.74, 6) is -0.772. The fraction of sp³-hybridized carbons (Fsp3) is 0.867. The third-order valence-electron chi connectivity index (χ3n) is 4.04. The molecular formula is C15H26N2O2. The summed E-state index contributed by atoms with van der Waals surface area (Å²) in [6.07, 6.45) is 6.64. The number of unbranched alkanes of at least 4 members (excludes halogenated alkanes) is 1. The number of nitriles is 1. The highest BCUT2D eigenvalue weighted by molar-refractivity contribution is 5.70. The van der Waals surface area contributed by atoms with Gasteiger partial charge in [-0.15, -0.1) is 0 Å². The summed E-state index contributed by atoms with van der Waals surface area (Å²) in [7, 11) is 0. The molecule has 0 saturated heterocycles. The zero-order chi connectivity index (χ0) is 14.3. The lowest BCUT2D eigenvalue weighted by atomic mass is 9.86. The Hall–Kier alpha value is -1.08. The summed E-state index contributed by atoms with van der Waals surface area (Å²) in [6.45, 7) is 4.94. The molecule has 0 amide bonds. The summed E-state index contributed by atoms with van der Waals surface area (Å²) in [4.78, 5) is 10.8. The monoisotopic (exact) mass is 266 g/mol. The maximum absolute atomic E-state index is 10.8. The second kappa shape index (κ2) is 7.49. The minimum atomic E-state index is -0.641. The van der Waals surface area contributed by atoms with E-state index in [9.17, 15) is 4.79 Å². The summed E-state index contributed by atoms with van der Waals surface area (Å²) in [5, 5.41) is 21.3. The highest BCUT2D eigenvalue weighted by Gasteiger charge is 2.25. The molecule has 0 aromatic heterocycles. The first-order chi connectivity index (χ1) is 8.94. The molecule has 0 unspecified atom stereocenters. The maximum atomic E-state index is 10.8. The lowest BCUT2D eigenvalue weighted by molar-refractivity contribution is -0.142. The lowest BCUT2D eigenvalue weighted by Crippen LogP contribution is -2.35. The quantitative estimate of drug-likeness (QED) is 0.695. The van der Waals surface area contributed by atoms with E-state index in [1.54, 1.807) is 0 Å². The van der Waals surface area contributed by atoms with E-state index in [2.05, 4.69) is 11.4 Å². The van der Waals surface area contributed by atoms with Crippen LogP contribution in [0.15, 0.2) is 0 Å². The smallest absolute Gasteiger partial charge is 0.306 e. The molecule has 0 radical (unpaired) electrons. The molecule has 2 N–H and O–H groups in total. The Labute approximate surface area is 116 Å². The first kappa shape index (κ1) is 16.0. The van der Waals surface area contributed by atoms with Gasteiger partial charge in [0.25, 0.3) is 0 Å². The molecule has 0 bridgehead atoms. The van der Waals surface area contributed by atoms with Gasteiger partial charge in [0.15, 0.2) is 0 Å². The Morgan fingerprint density at radius 1 is 1.32 bits per heavy atom. The van der Waals surface area contributed by atoms with Crippen LogP contribution in [0.5, 0.6) is 0 Å². The van der Waals surface area contributed by atoms with E-state index in [1.165, 1.54) is 0 Å². The molecule has 0 aromatic rings. The molecular weight excluding hydrogens is 240 g/mol. The van der Waals surface area contributed by atoms with Crippen molar-refractivity contribution in [2.45, 2.75) is 64.8 Å². The van der Waals surface area contributed by atoms with E-state index in [4.69, 9.17) is 10.4 Å². The Kier molecular flexibility index (Phi) is 6.30. The van der Waals surface area contributed by atoms with Crippen LogP contribution in [0, 0.1) is 22.7 Å². The first-order valence-corrected chi connectivity index (χ1v) is 7.32. The van der Waals surface area contributed by atoms with Gasteiger partial charge in [0.05, 0.1) is 17.4 Å². The number of nitrogens with one attached hydrogen (secondary N) is 1. The van der Waals surface area contributed by atoms with Gasteiger partial charge in [-0.05, 0) is 58.9 Å². The van der Waals surface area contributed by atoms with Crippen molar-refractivity contribution >= 4 is 5.97 Å². The number of carboxylic acids is 1. The molecule has 1 rings (SSSR count). The molecule has 1 aliphatic rings. The first-order valence-electron chi connectivity index (χ1n) is 7.32. The predicted molar refractivity (Wildman–Crippen MR) is 74.6 cm³/mol. The summed E-state index contributed by atoms with van der Waals surface area (Å²) in [6, 6.07) is 2.81. The van der Waals surface area contributed by atoms with Crippen molar-refractivity contribution in [3.63, 3.8) is 0 Å². The van der Waals surface area contributed by atoms with Gasteiger partial charge in [0.1, 0.15) is 0 Å². The van der Waals surface area contributed by atoms with Gasteiger partial charge in [-0.2, -0.15) is 5.26 Å². The normalized spacial score (nSPS) is 23.8. The number of carbonyl (C=O) groups is 1. The fourth-order valence-corrected chi connectivity index (χ4v) is 2.60. The van der Waals surface area contributed by atoms with Crippen LogP contribution in [0.3, 0.4) is 0 Å². The second-order valence-electron chi connectivity index (χ2n) is 6.29. The minimum absolute atomic E-state index is 0.130. The van der Waals surface area contributed by atoms with E-state index in [1.807, 2.05) is 13.8 Å². The van der Waals surface area contributed by atoms with E-state index in [0.29, 0.717) is 6.04 Å². The standard InChI is InChI=1S/C15H26N2O2/c1-15(2,11-16)9-3-4-10-17-13-7-5-12(6-8-13)14(18)19/h12-13,17H,3-10H2,1-2H3,(H,18,19). The second-order valence-corrected chi connectivity index (χ2v) is 6.29. The number of aliphatic carboxylic acids is 1. The number of rotatable bonds is 7. The van der Waals surface area contributed by atoms with Crippen LogP contribution in [0.2, 0.25) is 0 Å². The summed E-state index contributed by atoms with van der Waals surface area (Å²) in [5.41, 5.74) is -0.209. The van der Waals surface area contributed by atoms with E-state index >= 15 is 0 Å². The van der Waals surface area contributed by atoms with Crippen molar-refractivity contribution < 1.29 is 9.90 Å². The zero-order valence-corrected chi connectivity index (χ0v) is 12.1. The topological polar surface area (TPSA) is 73.1 Å². The Balaban J connectivity index is 2.06. The zero-order valence-electron chi connectivity index (χ0n) is 12.1. The average Bonchev–Trinajstić information content (AvgIpc) is 2.39. The molecule has 0 aromatic carbocycles. The summed E-state index contributed by atoms with van der Waals surface area (Å²) >= 11 is 0. The van der Waals surface area contributed by atoms with Crippen LogP contribution in [0.4, 0.5) is 0 Å². The van der Waals surface area contributed by atoms with Gasteiger partial charge < -0.3 is 10.4 Å². The Morgan fingerprint density at radius 2 is 1.95 bits per heavy atom. The van der Waals surface area contributed by atoms with Gasteiger partial charge in [-0.25, -0.2) is 0 Å². The fourth-order valence-electron chi connectivity index (χ4n) is 2.60. The molecule has 108 valence electrons. The van der Waals surface area contributed by atoms with Gasteiger partial charge in [0, 0.05) is 6.04 Å². The van der Waals surface area contributed by atoms with Gasteiger partial charge in [0.2, 0.25) is 0 Å². The van der Waals surface area contributed by atoms with E-state index in [-0.39, 0.29) is 11.3 Å². The van der Waals surface area contributed by atoms with Gasteiger partial charge in [-0.3, -0.25) is 4.79 Å². The molecule has 1 fully saturated rings. The molecule has 4 nitrogen and oxygen atoms in total. The molecule has 0 aliphatic heterocycles. The van der Waals surface area contributed by atoms with Crippen molar-refractivity contribution in [1.29, 1.82) is 5.26 Å². The minimum Gasteiger partial charge on any atom is -0.481 e. The molecule has 0 heterocycles. The van der Waals surface area contributed by atoms with Crippen LogP contribution in [-0.4, -0.2) is 23.7 Å². The lowest BCUT2D eigenvalue weighted by Gasteiger charge is -2.27. The van der Waals surface area contributed by atoms with Gasteiger partial charge in [-0.1, -0.05) is 6.42 Å². The number of carboxylic acid groups (broad SMARTS) is 1. The molecule has 0 atom stereocenters. The molecule has 4 heteroatoms. The number of hydrogen-bond donors (Lipinski definition) is 2. The van der Waals surface area contributed by atoms with Crippen LogP contribution >= 0.6 is 0 Å². The molecule has 1 saturated carbocycles. The third kappa shape index (κ3) is 6.07. The van der Waals surface area contributed by atoms with Crippen LogP contribution in [0.25, 0.3) is 0 Å². The largest absolute Gasteiger partial charge is 0.481 e. The van der Waals surface area contributed by atoms with Crippen LogP contribution in [0.1, 0.15) is 58.8 Å². The number of nitrogens with zero attached hydrogens (tertiary/aromatic N) is 1. The Bertz CT molecular complexity index is 326. The molecule has 0 spiro atoms. The third-order valence-corrected chi connectivity index (χ3v) is 4.04. The predicted octanol–water partition coefficient (Wildman–Crippen LogP) is 2.94. The van der Waals surface area contributed by atoms with Crippen LogP contribution in [-0.2, 0) is 4.79 Å². The molecule has 19 heavy (non-hydrogen) atoms. The highest BCUT2D eigenvalue weighted by atomic mass is 16.4. The average molecular weight is 266 g/mol. The van der Waals surface area contributed by atoms with Crippen LogP contribution < -0.4 is 5.32 Å². The van der Waals surface area contributed by atoms with E-state index in [0.717, 1.165) is 51.5 Å².